The summed E-state index contributed by atoms with van der Waals surface area (Å²) in [6, 6.07) is 11.2. The van der Waals surface area contributed by atoms with E-state index in [1.807, 2.05) is 13.0 Å². The van der Waals surface area contributed by atoms with Crippen molar-refractivity contribution in [1.29, 1.82) is 0 Å². The summed E-state index contributed by atoms with van der Waals surface area (Å²) in [5.41, 5.74) is 7.90. The van der Waals surface area contributed by atoms with Crippen LogP contribution in [0.2, 0.25) is 0 Å². The average Bonchev–Trinajstić information content (AvgIpc) is 2.45. The molecule has 0 fully saturated rings. The van der Waals surface area contributed by atoms with E-state index < -0.39 is 11.7 Å². The number of hydrogen-bond acceptors (Lipinski definition) is 2. The molecule has 22 heavy (non-hydrogen) atoms. The van der Waals surface area contributed by atoms with E-state index in [4.69, 9.17) is 5.73 Å². The van der Waals surface area contributed by atoms with Crippen LogP contribution in [0.3, 0.4) is 0 Å². The fourth-order valence-electron chi connectivity index (χ4n) is 2.63. The van der Waals surface area contributed by atoms with Crippen LogP contribution >= 0.6 is 0 Å². The maximum absolute atomic E-state index is 13.2. The van der Waals surface area contributed by atoms with Crippen molar-refractivity contribution in [2.45, 2.75) is 13.1 Å². The van der Waals surface area contributed by atoms with Gasteiger partial charge in [0.15, 0.2) is 0 Å². The number of alkyl halides is 3. The van der Waals surface area contributed by atoms with Crippen molar-refractivity contribution in [1.82, 2.24) is 4.98 Å². The molecule has 2 aromatic carbocycles. The molecule has 3 rings (SSSR count). The number of nitrogen functional groups attached to an aromatic ring is 1. The Kier molecular flexibility index (Phi) is 3.28. The highest BCUT2D eigenvalue weighted by molar-refractivity contribution is 5.98. The zero-order valence-electron chi connectivity index (χ0n) is 11.8. The van der Waals surface area contributed by atoms with Crippen LogP contribution in [-0.4, -0.2) is 4.98 Å². The standard InChI is InChI=1S/C17H13F3N2/c1-10-9-22-16-13(6-3-7-14(16)17(18,19)20)15(10)11-4-2-5-12(21)8-11/h2-9H,21H2,1H3. The summed E-state index contributed by atoms with van der Waals surface area (Å²) >= 11 is 0. The Labute approximate surface area is 125 Å². The molecule has 0 bridgehead atoms. The number of benzene rings is 2. The van der Waals surface area contributed by atoms with Gasteiger partial charge in [0.2, 0.25) is 0 Å². The van der Waals surface area contributed by atoms with Crippen LogP contribution in [-0.2, 0) is 6.18 Å². The Morgan fingerprint density at radius 2 is 1.77 bits per heavy atom. The number of pyridine rings is 1. The first kappa shape index (κ1) is 14.4. The number of aryl methyl sites for hydroxylation is 1. The molecule has 112 valence electrons. The molecule has 0 atom stereocenters. The highest BCUT2D eigenvalue weighted by Crippen LogP contribution is 2.38. The van der Waals surface area contributed by atoms with Gasteiger partial charge in [-0.25, -0.2) is 0 Å². The number of anilines is 1. The van der Waals surface area contributed by atoms with Crippen molar-refractivity contribution in [3.63, 3.8) is 0 Å². The van der Waals surface area contributed by atoms with E-state index in [0.717, 1.165) is 22.8 Å². The van der Waals surface area contributed by atoms with Gasteiger partial charge in [0.25, 0.3) is 0 Å². The fraction of sp³-hybridized carbons (Fsp3) is 0.118. The molecule has 0 aliphatic heterocycles. The topological polar surface area (TPSA) is 38.9 Å². The van der Waals surface area contributed by atoms with E-state index in [1.54, 1.807) is 24.3 Å². The quantitative estimate of drug-likeness (QED) is 0.655. The monoisotopic (exact) mass is 302 g/mol. The molecule has 3 aromatic rings. The smallest absolute Gasteiger partial charge is 0.399 e. The zero-order valence-corrected chi connectivity index (χ0v) is 11.8. The van der Waals surface area contributed by atoms with Crippen LogP contribution in [0.15, 0.2) is 48.7 Å². The van der Waals surface area contributed by atoms with Gasteiger partial charge < -0.3 is 5.73 Å². The van der Waals surface area contributed by atoms with Gasteiger partial charge >= 0.3 is 6.18 Å². The molecule has 0 saturated carbocycles. The van der Waals surface area contributed by atoms with Crippen molar-refractivity contribution in [3.05, 3.63) is 59.8 Å². The number of hydrogen-bond donors (Lipinski definition) is 1. The highest BCUT2D eigenvalue weighted by Gasteiger charge is 2.33. The van der Waals surface area contributed by atoms with Gasteiger partial charge in [-0.2, -0.15) is 13.2 Å². The Bertz CT molecular complexity index is 854. The van der Waals surface area contributed by atoms with E-state index in [-0.39, 0.29) is 5.52 Å². The predicted molar refractivity (Wildman–Crippen MR) is 81.3 cm³/mol. The number of nitrogens with zero attached hydrogens (tertiary/aromatic N) is 1. The number of nitrogens with two attached hydrogens (primary N) is 1. The van der Waals surface area contributed by atoms with Gasteiger partial charge in [0, 0.05) is 17.3 Å². The summed E-state index contributed by atoms with van der Waals surface area (Å²) < 4.78 is 39.5. The molecule has 2 N–H and O–H groups in total. The summed E-state index contributed by atoms with van der Waals surface area (Å²) in [5, 5.41) is 0.473. The molecule has 2 nitrogen and oxygen atoms in total. The molecule has 0 unspecified atom stereocenters. The third-order valence-corrected chi connectivity index (χ3v) is 3.57. The lowest BCUT2D eigenvalue weighted by atomic mass is 9.95. The van der Waals surface area contributed by atoms with Gasteiger partial charge in [0.05, 0.1) is 11.1 Å². The first-order valence-corrected chi connectivity index (χ1v) is 6.69. The first-order chi connectivity index (χ1) is 10.4. The molecular weight excluding hydrogens is 289 g/mol. The largest absolute Gasteiger partial charge is 0.418 e. The molecule has 5 heteroatoms. The number of fused-ring (bicyclic) bond motifs is 1. The minimum Gasteiger partial charge on any atom is -0.399 e. The number of rotatable bonds is 1. The molecule has 1 heterocycles. The van der Waals surface area contributed by atoms with Crippen molar-refractivity contribution >= 4 is 16.6 Å². The van der Waals surface area contributed by atoms with Crippen LogP contribution in [0.25, 0.3) is 22.0 Å². The lowest BCUT2D eigenvalue weighted by Gasteiger charge is -2.14. The molecule has 1 aromatic heterocycles. The van der Waals surface area contributed by atoms with Crippen LogP contribution in [0.1, 0.15) is 11.1 Å². The molecule has 0 aliphatic rings. The SMILES string of the molecule is Cc1cnc2c(C(F)(F)F)cccc2c1-c1cccc(N)c1. The third-order valence-electron chi connectivity index (χ3n) is 3.57. The number of aromatic nitrogens is 1. The predicted octanol–water partition coefficient (Wildman–Crippen LogP) is 4.81. The maximum Gasteiger partial charge on any atom is 0.418 e. The minimum absolute atomic E-state index is 0.0435. The number of para-hydroxylation sites is 1. The van der Waals surface area contributed by atoms with Crippen molar-refractivity contribution in [2.24, 2.45) is 0 Å². The second-order valence-electron chi connectivity index (χ2n) is 5.14. The van der Waals surface area contributed by atoms with E-state index >= 15 is 0 Å². The normalized spacial score (nSPS) is 11.8. The van der Waals surface area contributed by atoms with Crippen molar-refractivity contribution < 1.29 is 13.2 Å². The Balaban J connectivity index is 2.38. The summed E-state index contributed by atoms with van der Waals surface area (Å²) in [6.45, 7) is 1.82. The molecular formula is C17H13F3N2. The van der Waals surface area contributed by atoms with Crippen LogP contribution in [0.5, 0.6) is 0 Å². The first-order valence-electron chi connectivity index (χ1n) is 6.69. The van der Waals surface area contributed by atoms with Crippen LogP contribution in [0.4, 0.5) is 18.9 Å². The molecule has 0 radical (unpaired) electrons. The second kappa shape index (κ2) is 5.02. The van der Waals surface area contributed by atoms with Crippen LogP contribution < -0.4 is 5.73 Å². The van der Waals surface area contributed by atoms with Gasteiger partial charge in [-0.3, -0.25) is 4.98 Å². The van der Waals surface area contributed by atoms with Gasteiger partial charge in [-0.15, -0.1) is 0 Å². The Hall–Kier alpha value is -2.56. The summed E-state index contributed by atoms with van der Waals surface area (Å²) in [6.07, 6.45) is -2.97. The van der Waals surface area contributed by atoms with E-state index in [2.05, 4.69) is 4.98 Å². The summed E-state index contributed by atoms with van der Waals surface area (Å²) in [7, 11) is 0. The fourth-order valence-corrected chi connectivity index (χ4v) is 2.63. The van der Waals surface area contributed by atoms with Crippen molar-refractivity contribution in [2.75, 3.05) is 5.73 Å². The summed E-state index contributed by atoms with van der Waals surface area (Å²) in [5.74, 6) is 0. The third kappa shape index (κ3) is 2.39. The van der Waals surface area contributed by atoms with Gasteiger partial charge in [0.1, 0.15) is 0 Å². The Morgan fingerprint density at radius 3 is 2.45 bits per heavy atom. The van der Waals surface area contributed by atoms with E-state index in [9.17, 15) is 13.2 Å². The maximum atomic E-state index is 13.2. The van der Waals surface area contributed by atoms with E-state index in [0.29, 0.717) is 11.1 Å². The van der Waals surface area contributed by atoms with Gasteiger partial charge in [-0.1, -0.05) is 24.3 Å². The van der Waals surface area contributed by atoms with Gasteiger partial charge in [-0.05, 0) is 41.8 Å². The molecule has 0 aliphatic carbocycles. The van der Waals surface area contributed by atoms with E-state index in [1.165, 1.54) is 12.3 Å². The molecule has 0 amide bonds. The number of halogens is 3. The average molecular weight is 302 g/mol. The van der Waals surface area contributed by atoms with Crippen molar-refractivity contribution in [3.8, 4) is 11.1 Å². The lowest BCUT2D eigenvalue weighted by Crippen LogP contribution is -2.07. The second-order valence-corrected chi connectivity index (χ2v) is 5.14. The molecule has 0 spiro atoms. The van der Waals surface area contributed by atoms with Crippen LogP contribution in [0, 0.1) is 6.92 Å². The zero-order chi connectivity index (χ0) is 15.9. The summed E-state index contributed by atoms with van der Waals surface area (Å²) in [4.78, 5) is 4.00. The minimum atomic E-state index is -4.44. The Morgan fingerprint density at radius 1 is 1.05 bits per heavy atom. The molecule has 0 saturated heterocycles. The lowest BCUT2D eigenvalue weighted by molar-refractivity contribution is -0.136. The highest BCUT2D eigenvalue weighted by atomic mass is 19.4.